The summed E-state index contributed by atoms with van der Waals surface area (Å²) in [5, 5.41) is 3.37. The van der Waals surface area contributed by atoms with Crippen molar-refractivity contribution >= 4 is 35.8 Å². The van der Waals surface area contributed by atoms with Gasteiger partial charge in [-0.05, 0) is 37.5 Å². The Hall–Kier alpha value is -0.530. The van der Waals surface area contributed by atoms with Crippen molar-refractivity contribution in [2.45, 2.75) is 46.0 Å². The van der Waals surface area contributed by atoms with Gasteiger partial charge < -0.3 is 15.1 Å². The molecule has 0 spiro atoms. The van der Waals surface area contributed by atoms with Crippen LogP contribution in [0.15, 0.2) is 4.99 Å². The molecule has 0 saturated carbocycles. The summed E-state index contributed by atoms with van der Waals surface area (Å²) in [6.07, 6.45) is 5.50. The first-order valence-corrected chi connectivity index (χ1v) is 8.83. The summed E-state index contributed by atoms with van der Waals surface area (Å²) >= 11 is 0. The molecular weight excluding hydrogens is 403 g/mol. The van der Waals surface area contributed by atoms with Crippen molar-refractivity contribution in [2.24, 2.45) is 16.8 Å². The molecule has 1 N–H and O–H groups in total. The SMILES string of the molecule is CN=C(NCCC(=O)N1CCCC(C)C1)N1CCCC(C)C1.I. The molecule has 2 heterocycles. The minimum Gasteiger partial charge on any atom is -0.356 e. The van der Waals surface area contributed by atoms with Crippen molar-refractivity contribution in [3.63, 3.8) is 0 Å². The van der Waals surface area contributed by atoms with E-state index in [1.54, 1.807) is 0 Å². The molecule has 0 bridgehead atoms. The quantitative estimate of drug-likeness (QED) is 0.420. The minimum absolute atomic E-state index is 0. The van der Waals surface area contributed by atoms with Crippen molar-refractivity contribution in [1.29, 1.82) is 0 Å². The van der Waals surface area contributed by atoms with Gasteiger partial charge in [-0.1, -0.05) is 13.8 Å². The fourth-order valence-electron chi connectivity index (χ4n) is 3.57. The standard InChI is InChI=1S/C17H32N4O.HI/c1-14-6-4-10-20(12-14)16(22)8-9-19-17(18-3)21-11-5-7-15(2)13-21;/h14-15H,4-13H2,1-3H3,(H,18,19);1H. The van der Waals surface area contributed by atoms with Crippen molar-refractivity contribution in [1.82, 2.24) is 15.1 Å². The fourth-order valence-corrected chi connectivity index (χ4v) is 3.57. The second-order valence-electron chi connectivity index (χ2n) is 7.00. The second-order valence-corrected chi connectivity index (χ2v) is 7.00. The molecule has 0 aromatic rings. The Bertz CT molecular complexity index is 402. The van der Waals surface area contributed by atoms with Gasteiger partial charge in [-0.15, -0.1) is 24.0 Å². The van der Waals surface area contributed by atoms with E-state index in [2.05, 4.69) is 29.1 Å². The van der Waals surface area contributed by atoms with Gasteiger partial charge >= 0.3 is 0 Å². The largest absolute Gasteiger partial charge is 0.356 e. The number of piperidine rings is 2. The monoisotopic (exact) mass is 436 g/mol. The smallest absolute Gasteiger partial charge is 0.224 e. The highest BCUT2D eigenvalue weighted by atomic mass is 127. The van der Waals surface area contributed by atoms with Crippen LogP contribution in [0.25, 0.3) is 0 Å². The summed E-state index contributed by atoms with van der Waals surface area (Å²) in [5.74, 6) is 2.60. The van der Waals surface area contributed by atoms with E-state index in [1.807, 2.05) is 11.9 Å². The van der Waals surface area contributed by atoms with Gasteiger partial charge in [0, 0.05) is 46.2 Å². The zero-order valence-electron chi connectivity index (χ0n) is 14.9. The lowest BCUT2D eigenvalue weighted by Crippen LogP contribution is -2.47. The number of nitrogens with zero attached hydrogens (tertiary/aromatic N) is 3. The summed E-state index contributed by atoms with van der Waals surface area (Å²) in [5.41, 5.74) is 0. The number of halogens is 1. The van der Waals surface area contributed by atoms with Gasteiger partial charge in [-0.3, -0.25) is 9.79 Å². The van der Waals surface area contributed by atoms with Crippen LogP contribution < -0.4 is 5.32 Å². The van der Waals surface area contributed by atoms with Crippen molar-refractivity contribution in [2.75, 3.05) is 39.8 Å². The van der Waals surface area contributed by atoms with Crippen molar-refractivity contribution < 1.29 is 4.79 Å². The first-order valence-electron chi connectivity index (χ1n) is 8.83. The summed E-state index contributed by atoms with van der Waals surface area (Å²) in [4.78, 5) is 21.0. The zero-order valence-corrected chi connectivity index (χ0v) is 17.2. The maximum atomic E-state index is 12.3. The number of amides is 1. The van der Waals surface area contributed by atoms with E-state index in [0.717, 1.165) is 44.5 Å². The number of nitrogens with one attached hydrogen (secondary N) is 1. The van der Waals surface area contributed by atoms with Crippen LogP contribution in [0.4, 0.5) is 0 Å². The molecule has 0 aliphatic carbocycles. The van der Waals surface area contributed by atoms with E-state index in [9.17, 15) is 4.79 Å². The Kier molecular flexibility index (Phi) is 9.24. The highest BCUT2D eigenvalue weighted by Crippen LogP contribution is 2.16. The summed E-state index contributed by atoms with van der Waals surface area (Å²) in [7, 11) is 1.83. The molecule has 0 aromatic carbocycles. The van der Waals surface area contributed by atoms with Crippen LogP contribution in [-0.4, -0.2) is 61.4 Å². The van der Waals surface area contributed by atoms with E-state index in [1.165, 1.54) is 19.3 Å². The van der Waals surface area contributed by atoms with Gasteiger partial charge in [0.1, 0.15) is 0 Å². The first kappa shape index (κ1) is 20.5. The molecule has 2 fully saturated rings. The number of rotatable bonds is 3. The van der Waals surface area contributed by atoms with Crippen LogP contribution in [0.3, 0.4) is 0 Å². The number of hydrogen-bond acceptors (Lipinski definition) is 2. The molecule has 2 saturated heterocycles. The van der Waals surface area contributed by atoms with Crippen LogP contribution in [-0.2, 0) is 4.79 Å². The molecule has 2 aliphatic heterocycles. The van der Waals surface area contributed by atoms with E-state index in [4.69, 9.17) is 0 Å². The average molecular weight is 436 g/mol. The van der Waals surface area contributed by atoms with Gasteiger partial charge in [-0.25, -0.2) is 0 Å². The predicted molar refractivity (Wildman–Crippen MR) is 106 cm³/mol. The topological polar surface area (TPSA) is 47.9 Å². The number of guanidine groups is 1. The molecule has 2 atom stereocenters. The van der Waals surface area contributed by atoms with E-state index in [-0.39, 0.29) is 29.9 Å². The molecule has 2 rings (SSSR count). The van der Waals surface area contributed by atoms with Gasteiger partial charge in [-0.2, -0.15) is 0 Å². The summed E-state index contributed by atoms with van der Waals surface area (Å²) in [6.45, 7) is 9.20. The van der Waals surface area contributed by atoms with Crippen LogP contribution in [0.5, 0.6) is 0 Å². The highest BCUT2D eigenvalue weighted by Gasteiger charge is 2.22. The lowest BCUT2D eigenvalue weighted by atomic mass is 10.00. The van der Waals surface area contributed by atoms with Crippen LogP contribution in [0.2, 0.25) is 0 Å². The van der Waals surface area contributed by atoms with E-state index < -0.39 is 0 Å². The lowest BCUT2D eigenvalue weighted by molar-refractivity contribution is -0.132. The second kappa shape index (κ2) is 10.4. The third kappa shape index (κ3) is 6.47. The molecule has 1 amide bonds. The minimum atomic E-state index is 0. The Labute approximate surface area is 158 Å². The number of carbonyl (C=O) groups is 1. The molecule has 2 unspecified atom stereocenters. The van der Waals surface area contributed by atoms with Crippen molar-refractivity contribution in [3.8, 4) is 0 Å². The number of aliphatic imine (C=N–C) groups is 1. The third-order valence-corrected chi connectivity index (χ3v) is 4.80. The van der Waals surface area contributed by atoms with Gasteiger partial charge in [0.15, 0.2) is 5.96 Å². The Morgan fingerprint density at radius 2 is 1.65 bits per heavy atom. The maximum absolute atomic E-state index is 12.3. The lowest BCUT2D eigenvalue weighted by Gasteiger charge is -2.34. The zero-order chi connectivity index (χ0) is 15.9. The van der Waals surface area contributed by atoms with Crippen LogP contribution >= 0.6 is 24.0 Å². The van der Waals surface area contributed by atoms with Gasteiger partial charge in [0.2, 0.25) is 5.91 Å². The third-order valence-electron chi connectivity index (χ3n) is 4.80. The van der Waals surface area contributed by atoms with E-state index in [0.29, 0.717) is 18.9 Å². The van der Waals surface area contributed by atoms with Gasteiger partial charge in [0.25, 0.3) is 0 Å². The summed E-state index contributed by atoms with van der Waals surface area (Å²) in [6, 6.07) is 0. The molecule has 2 aliphatic rings. The predicted octanol–water partition coefficient (Wildman–Crippen LogP) is 2.56. The molecule has 0 radical (unpaired) electrons. The normalized spacial score (nSPS) is 25.8. The van der Waals surface area contributed by atoms with Gasteiger partial charge in [0.05, 0.1) is 0 Å². The Balaban J connectivity index is 0.00000264. The molecule has 23 heavy (non-hydrogen) atoms. The number of likely N-dealkylation sites (tertiary alicyclic amines) is 2. The Morgan fingerprint density at radius 1 is 1.09 bits per heavy atom. The summed E-state index contributed by atoms with van der Waals surface area (Å²) < 4.78 is 0. The van der Waals surface area contributed by atoms with Crippen LogP contribution in [0, 0.1) is 11.8 Å². The maximum Gasteiger partial charge on any atom is 0.224 e. The van der Waals surface area contributed by atoms with E-state index >= 15 is 0 Å². The molecule has 5 nitrogen and oxygen atoms in total. The highest BCUT2D eigenvalue weighted by molar-refractivity contribution is 14.0. The molecule has 134 valence electrons. The number of carbonyl (C=O) groups excluding carboxylic acids is 1. The molecule has 0 aromatic heterocycles. The molecule has 6 heteroatoms. The first-order chi connectivity index (χ1) is 10.6. The average Bonchev–Trinajstić information content (AvgIpc) is 2.51. The fraction of sp³-hybridized carbons (Fsp3) is 0.882. The number of hydrogen-bond donors (Lipinski definition) is 1. The van der Waals surface area contributed by atoms with Crippen LogP contribution in [0.1, 0.15) is 46.0 Å². The van der Waals surface area contributed by atoms with Crippen molar-refractivity contribution in [3.05, 3.63) is 0 Å². The molecular formula is C17H33IN4O. The Morgan fingerprint density at radius 3 is 2.22 bits per heavy atom.